The third-order valence-corrected chi connectivity index (χ3v) is 1.37. The van der Waals surface area contributed by atoms with Crippen molar-refractivity contribution in [2.45, 2.75) is 0 Å². The van der Waals surface area contributed by atoms with Crippen molar-refractivity contribution < 1.29 is 9.90 Å². The number of fused-ring (bicyclic) bond motifs is 1. The van der Waals surface area contributed by atoms with Crippen molar-refractivity contribution in [3.8, 4) is 0 Å². The number of hydrogen-bond acceptors (Lipinski definition) is 4. The van der Waals surface area contributed by atoms with Gasteiger partial charge in [0.2, 0.25) is 0 Å². The maximum Gasteiger partial charge on any atom is 0.354 e. The van der Waals surface area contributed by atoms with Crippen molar-refractivity contribution in [1.82, 2.24) is 19.6 Å². The number of carboxylic acid groups (broad SMARTS) is 1. The zero-order valence-electron chi connectivity index (χ0n) is 6.28. The molecule has 0 bridgehead atoms. The highest BCUT2D eigenvalue weighted by atomic mass is 35.5. The van der Waals surface area contributed by atoms with Gasteiger partial charge in [-0.3, -0.25) is 0 Å². The van der Waals surface area contributed by atoms with Crippen LogP contribution in [0.1, 0.15) is 10.5 Å². The normalized spacial score (nSPS) is 9.54. The molecule has 0 atom stereocenters. The van der Waals surface area contributed by atoms with Crippen LogP contribution >= 0.6 is 12.4 Å². The second-order valence-electron chi connectivity index (χ2n) is 2.12. The molecule has 7 heteroatoms. The van der Waals surface area contributed by atoms with Crippen LogP contribution in [0, 0.1) is 0 Å². The Hall–Kier alpha value is -1.69. The third-order valence-electron chi connectivity index (χ3n) is 1.37. The molecule has 0 fully saturated rings. The molecule has 2 aromatic rings. The van der Waals surface area contributed by atoms with Crippen molar-refractivity contribution in [3.63, 3.8) is 0 Å². The Kier molecular flexibility index (Phi) is 2.43. The molecule has 0 saturated heterocycles. The minimum Gasteiger partial charge on any atom is -0.477 e. The SMILES string of the molecule is Cl.O=C(O)c1ccn2ncnc2n1. The second-order valence-corrected chi connectivity index (χ2v) is 2.12. The molecule has 6 nitrogen and oxygen atoms in total. The van der Waals surface area contributed by atoms with Crippen LogP contribution in [-0.2, 0) is 0 Å². The number of aromatic carboxylic acids is 1. The maximum atomic E-state index is 10.4. The lowest BCUT2D eigenvalue weighted by molar-refractivity contribution is 0.0690. The lowest BCUT2D eigenvalue weighted by atomic mass is 10.4. The quantitative estimate of drug-likeness (QED) is 0.714. The van der Waals surface area contributed by atoms with E-state index in [-0.39, 0.29) is 23.9 Å². The molecule has 0 aliphatic carbocycles. The summed E-state index contributed by atoms with van der Waals surface area (Å²) in [7, 11) is 0. The standard InChI is InChI=1S/C6H4N4O2.ClH/c11-5(12)4-1-2-10-6(9-4)7-3-8-10;/h1-3H,(H,11,12);1H. The zero-order chi connectivity index (χ0) is 8.55. The molecule has 68 valence electrons. The first kappa shape index (κ1) is 9.40. The smallest absolute Gasteiger partial charge is 0.354 e. The van der Waals surface area contributed by atoms with Crippen LogP contribution in [-0.4, -0.2) is 30.7 Å². The van der Waals surface area contributed by atoms with Crippen LogP contribution in [0.15, 0.2) is 18.6 Å². The van der Waals surface area contributed by atoms with Crippen LogP contribution in [0.4, 0.5) is 0 Å². The Labute approximate surface area is 78.7 Å². The van der Waals surface area contributed by atoms with Crippen LogP contribution in [0.3, 0.4) is 0 Å². The summed E-state index contributed by atoms with van der Waals surface area (Å²) < 4.78 is 1.40. The number of carbonyl (C=O) groups is 1. The van der Waals surface area contributed by atoms with Crippen LogP contribution in [0.25, 0.3) is 5.78 Å². The van der Waals surface area contributed by atoms with E-state index in [0.29, 0.717) is 0 Å². The van der Waals surface area contributed by atoms with E-state index < -0.39 is 5.97 Å². The predicted octanol–water partition coefficient (Wildman–Crippen LogP) is 0.244. The molecule has 2 rings (SSSR count). The minimum absolute atomic E-state index is 0. The van der Waals surface area contributed by atoms with Gasteiger partial charge < -0.3 is 5.11 Å². The average molecular weight is 201 g/mol. The highest BCUT2D eigenvalue weighted by Crippen LogP contribution is 1.97. The number of rotatable bonds is 1. The Balaban J connectivity index is 0.000000845. The summed E-state index contributed by atoms with van der Waals surface area (Å²) in [6.45, 7) is 0. The molecule has 0 unspecified atom stereocenters. The zero-order valence-corrected chi connectivity index (χ0v) is 7.10. The number of halogens is 1. The van der Waals surface area contributed by atoms with E-state index in [1.54, 1.807) is 0 Å². The van der Waals surface area contributed by atoms with E-state index in [4.69, 9.17) is 5.11 Å². The lowest BCUT2D eigenvalue weighted by Crippen LogP contribution is -2.02. The maximum absolute atomic E-state index is 10.4. The van der Waals surface area contributed by atoms with Gasteiger partial charge in [-0.1, -0.05) is 0 Å². The van der Waals surface area contributed by atoms with Crippen molar-refractivity contribution in [3.05, 3.63) is 24.3 Å². The van der Waals surface area contributed by atoms with Gasteiger partial charge in [0.25, 0.3) is 5.78 Å². The monoisotopic (exact) mass is 200 g/mol. The first-order chi connectivity index (χ1) is 5.77. The van der Waals surface area contributed by atoms with Gasteiger partial charge in [0.15, 0.2) is 5.69 Å². The Morgan fingerprint density at radius 3 is 3.00 bits per heavy atom. The molecule has 0 spiro atoms. The third kappa shape index (κ3) is 1.57. The van der Waals surface area contributed by atoms with Crippen LogP contribution in [0.2, 0.25) is 0 Å². The predicted molar refractivity (Wildman–Crippen MR) is 45.0 cm³/mol. The van der Waals surface area contributed by atoms with E-state index in [9.17, 15) is 4.79 Å². The summed E-state index contributed by atoms with van der Waals surface area (Å²) in [5, 5.41) is 12.3. The molecule has 0 saturated carbocycles. The largest absolute Gasteiger partial charge is 0.477 e. The highest BCUT2D eigenvalue weighted by Gasteiger charge is 2.05. The molecule has 0 radical (unpaired) electrons. The van der Waals surface area contributed by atoms with Gasteiger partial charge in [0.1, 0.15) is 6.33 Å². The number of carboxylic acids is 1. The number of nitrogens with zero attached hydrogens (tertiary/aromatic N) is 4. The molecule has 1 N–H and O–H groups in total. The van der Waals surface area contributed by atoms with Gasteiger partial charge in [0.05, 0.1) is 0 Å². The molecule has 2 heterocycles. The summed E-state index contributed by atoms with van der Waals surface area (Å²) in [5.41, 5.74) is -0.0319. The average Bonchev–Trinajstić information content (AvgIpc) is 2.49. The molecule has 0 aromatic carbocycles. The van der Waals surface area contributed by atoms with Crippen molar-refractivity contribution >= 4 is 24.2 Å². The molecular weight excluding hydrogens is 196 g/mol. The fourth-order valence-electron chi connectivity index (χ4n) is 0.834. The number of hydrogen-bond donors (Lipinski definition) is 1. The van der Waals surface area contributed by atoms with Crippen LogP contribution in [0.5, 0.6) is 0 Å². The van der Waals surface area contributed by atoms with Crippen LogP contribution < -0.4 is 0 Å². The fourth-order valence-corrected chi connectivity index (χ4v) is 0.834. The highest BCUT2D eigenvalue weighted by molar-refractivity contribution is 5.85. The summed E-state index contributed by atoms with van der Waals surface area (Å²) in [6.07, 6.45) is 2.81. The van der Waals surface area contributed by atoms with Crippen molar-refractivity contribution in [2.24, 2.45) is 0 Å². The molecule has 0 amide bonds. The summed E-state index contributed by atoms with van der Waals surface area (Å²) in [5.74, 6) is -0.782. The topological polar surface area (TPSA) is 80.4 Å². The first-order valence-corrected chi connectivity index (χ1v) is 3.17. The Bertz CT molecular complexity index is 441. The summed E-state index contributed by atoms with van der Waals surface area (Å²) >= 11 is 0. The molecule has 2 aromatic heterocycles. The van der Waals surface area contributed by atoms with E-state index in [0.717, 1.165) is 0 Å². The molecule has 0 aliphatic rings. The summed E-state index contributed by atoms with van der Waals surface area (Å²) in [4.78, 5) is 17.9. The van der Waals surface area contributed by atoms with Gasteiger partial charge in [0, 0.05) is 6.20 Å². The van der Waals surface area contributed by atoms with E-state index >= 15 is 0 Å². The van der Waals surface area contributed by atoms with Gasteiger partial charge in [-0.25, -0.2) is 14.3 Å². The van der Waals surface area contributed by atoms with Crippen molar-refractivity contribution in [2.75, 3.05) is 0 Å². The van der Waals surface area contributed by atoms with Gasteiger partial charge in [-0.05, 0) is 6.07 Å². The van der Waals surface area contributed by atoms with E-state index in [1.165, 1.54) is 23.1 Å². The van der Waals surface area contributed by atoms with Gasteiger partial charge >= 0.3 is 5.97 Å². The van der Waals surface area contributed by atoms with E-state index in [1.807, 2.05) is 0 Å². The van der Waals surface area contributed by atoms with Gasteiger partial charge in [-0.2, -0.15) is 10.1 Å². The van der Waals surface area contributed by atoms with E-state index in [2.05, 4.69) is 15.1 Å². The molecule has 13 heavy (non-hydrogen) atoms. The Morgan fingerprint density at radius 1 is 1.54 bits per heavy atom. The first-order valence-electron chi connectivity index (χ1n) is 3.17. The lowest BCUT2D eigenvalue weighted by Gasteiger charge is -1.92. The Morgan fingerprint density at radius 2 is 2.31 bits per heavy atom. The minimum atomic E-state index is -1.07. The van der Waals surface area contributed by atoms with Crippen molar-refractivity contribution in [1.29, 1.82) is 0 Å². The molecular formula is C6H5ClN4O2. The summed E-state index contributed by atoms with van der Waals surface area (Å²) in [6, 6.07) is 1.37. The molecule has 0 aliphatic heterocycles. The second kappa shape index (κ2) is 3.36. The number of aromatic nitrogens is 4. The fraction of sp³-hybridized carbons (Fsp3) is 0. The van der Waals surface area contributed by atoms with Gasteiger partial charge in [-0.15, -0.1) is 12.4 Å².